The summed E-state index contributed by atoms with van der Waals surface area (Å²) in [5.74, 6) is -0.0741. The number of hydrogen-bond acceptors (Lipinski definition) is 5. The third-order valence-electron chi connectivity index (χ3n) is 5.85. The number of amides is 1. The van der Waals surface area contributed by atoms with Gasteiger partial charge in [-0.3, -0.25) is 25.4 Å². The first-order valence-electron chi connectivity index (χ1n) is 9.98. The quantitative estimate of drug-likeness (QED) is 0.613. The van der Waals surface area contributed by atoms with Crippen molar-refractivity contribution in [2.75, 3.05) is 19.6 Å². The van der Waals surface area contributed by atoms with E-state index in [0.29, 0.717) is 36.5 Å². The van der Waals surface area contributed by atoms with Gasteiger partial charge in [-0.25, -0.2) is 0 Å². The van der Waals surface area contributed by atoms with E-state index in [-0.39, 0.29) is 0 Å². The number of pyridine rings is 1. The fraction of sp³-hybridized carbons (Fsp3) is 0.409. The Hall–Kier alpha value is -2.57. The van der Waals surface area contributed by atoms with Gasteiger partial charge in [0.1, 0.15) is 0 Å². The predicted molar refractivity (Wildman–Crippen MR) is 106 cm³/mol. The van der Waals surface area contributed by atoms with Crippen LogP contribution in [-0.2, 0) is 11.2 Å². The number of hydrogen-bond donors (Lipinski definition) is 2. The van der Waals surface area contributed by atoms with Gasteiger partial charge in [-0.15, -0.1) is 0 Å². The summed E-state index contributed by atoms with van der Waals surface area (Å²) in [5, 5.41) is 0. The van der Waals surface area contributed by atoms with Crippen molar-refractivity contribution < 1.29 is 9.59 Å². The molecule has 0 bridgehead atoms. The third kappa shape index (κ3) is 4.13. The van der Waals surface area contributed by atoms with E-state index in [2.05, 4.69) is 40.1 Å². The highest BCUT2D eigenvalue weighted by molar-refractivity contribution is 6.42. The van der Waals surface area contributed by atoms with Crippen molar-refractivity contribution >= 4 is 11.7 Å². The van der Waals surface area contributed by atoms with Gasteiger partial charge in [0.15, 0.2) is 0 Å². The summed E-state index contributed by atoms with van der Waals surface area (Å²) in [6, 6.07) is 14.1. The molecule has 0 spiro atoms. The minimum absolute atomic E-state index is 0.296. The molecule has 0 radical (unpaired) electrons. The second kappa shape index (κ2) is 8.63. The molecule has 2 aromatic rings. The van der Waals surface area contributed by atoms with E-state index in [1.54, 1.807) is 23.2 Å². The van der Waals surface area contributed by atoms with Crippen LogP contribution in [0.1, 0.15) is 28.8 Å². The second-order valence-corrected chi connectivity index (χ2v) is 7.73. The van der Waals surface area contributed by atoms with Crippen molar-refractivity contribution in [3.05, 3.63) is 66.0 Å². The Morgan fingerprint density at radius 2 is 2.00 bits per heavy atom. The molecule has 28 heavy (non-hydrogen) atoms. The van der Waals surface area contributed by atoms with E-state index in [1.807, 2.05) is 6.07 Å². The number of Topliss-reactive ketones (excluding diaryl/α,β-unsaturated/α-hetero) is 1. The number of rotatable bonds is 5. The van der Waals surface area contributed by atoms with Crippen LogP contribution in [0.15, 0.2) is 54.9 Å². The molecule has 2 saturated heterocycles. The molecule has 2 aliphatic heterocycles. The maximum Gasteiger partial charge on any atom is 0.295 e. The fourth-order valence-electron chi connectivity index (χ4n) is 4.42. The molecule has 6 heteroatoms. The second-order valence-electron chi connectivity index (χ2n) is 7.73. The van der Waals surface area contributed by atoms with Crippen molar-refractivity contribution in [1.29, 1.82) is 0 Å². The molecule has 2 aliphatic rings. The standard InChI is InChI=1S/C22H26N4O2/c27-21(17-8-4-10-23-13-17)22(28)26-11-5-9-18(15-26)20-19(14-24-25-20)12-16-6-2-1-3-7-16/h1-4,6-8,10,13,18-20,24-25H,5,9,11-12,14-15H2. The van der Waals surface area contributed by atoms with Gasteiger partial charge in [-0.05, 0) is 48.8 Å². The smallest absolute Gasteiger partial charge is 0.295 e. The first kappa shape index (κ1) is 18.8. The Labute approximate surface area is 165 Å². The largest absolute Gasteiger partial charge is 0.335 e. The molecule has 1 aromatic carbocycles. The van der Waals surface area contributed by atoms with Crippen LogP contribution >= 0.6 is 0 Å². The summed E-state index contributed by atoms with van der Waals surface area (Å²) >= 11 is 0. The summed E-state index contributed by atoms with van der Waals surface area (Å²) in [6.07, 6.45) is 6.05. The van der Waals surface area contributed by atoms with E-state index in [1.165, 1.54) is 11.8 Å². The minimum atomic E-state index is -0.466. The predicted octanol–water partition coefficient (Wildman–Crippen LogP) is 1.84. The molecule has 1 aromatic heterocycles. The topological polar surface area (TPSA) is 74.3 Å². The first-order valence-corrected chi connectivity index (χ1v) is 9.98. The highest BCUT2D eigenvalue weighted by Gasteiger charge is 2.37. The molecule has 2 fully saturated rings. The molecule has 4 rings (SSSR count). The van der Waals surface area contributed by atoms with Gasteiger partial charge >= 0.3 is 0 Å². The number of nitrogens with one attached hydrogen (secondary N) is 2. The maximum absolute atomic E-state index is 12.7. The molecule has 0 saturated carbocycles. The van der Waals surface area contributed by atoms with Gasteiger partial charge in [0, 0.05) is 43.6 Å². The third-order valence-corrected chi connectivity index (χ3v) is 5.85. The molecule has 146 valence electrons. The molecule has 3 atom stereocenters. The summed E-state index contributed by atoms with van der Waals surface area (Å²) < 4.78 is 0. The first-order chi connectivity index (χ1) is 13.7. The summed E-state index contributed by atoms with van der Waals surface area (Å²) in [4.78, 5) is 30.9. The van der Waals surface area contributed by atoms with E-state index < -0.39 is 11.7 Å². The van der Waals surface area contributed by atoms with E-state index in [9.17, 15) is 9.59 Å². The van der Waals surface area contributed by atoms with Crippen LogP contribution < -0.4 is 10.9 Å². The zero-order chi connectivity index (χ0) is 19.3. The molecule has 1 amide bonds. The van der Waals surface area contributed by atoms with Gasteiger partial charge in [0.2, 0.25) is 0 Å². The highest BCUT2D eigenvalue weighted by Crippen LogP contribution is 2.28. The number of carbonyl (C=O) groups excluding carboxylic acids is 2. The Balaban J connectivity index is 1.41. The van der Waals surface area contributed by atoms with E-state index >= 15 is 0 Å². The Bertz CT molecular complexity index is 812. The van der Waals surface area contributed by atoms with Crippen LogP contribution in [-0.4, -0.2) is 47.3 Å². The van der Waals surface area contributed by atoms with Crippen LogP contribution in [0.3, 0.4) is 0 Å². The molecule has 3 heterocycles. The van der Waals surface area contributed by atoms with Gasteiger partial charge in [0.05, 0.1) is 0 Å². The number of nitrogens with zero attached hydrogens (tertiary/aromatic N) is 2. The van der Waals surface area contributed by atoms with Crippen molar-refractivity contribution in [2.45, 2.75) is 25.3 Å². The summed E-state index contributed by atoms with van der Waals surface area (Å²) in [7, 11) is 0. The number of hydrazine groups is 1. The van der Waals surface area contributed by atoms with Crippen molar-refractivity contribution in [1.82, 2.24) is 20.7 Å². The SMILES string of the molecule is O=C(C(=O)N1CCCC(C2NNCC2Cc2ccccc2)C1)c1cccnc1. The fourth-order valence-corrected chi connectivity index (χ4v) is 4.42. The average Bonchev–Trinajstić information content (AvgIpc) is 3.22. The van der Waals surface area contributed by atoms with Crippen LogP contribution in [0.5, 0.6) is 0 Å². The Morgan fingerprint density at radius 3 is 2.79 bits per heavy atom. The van der Waals surface area contributed by atoms with Gasteiger partial charge in [-0.2, -0.15) is 0 Å². The lowest BCUT2D eigenvalue weighted by Gasteiger charge is -2.37. The van der Waals surface area contributed by atoms with Gasteiger partial charge in [0.25, 0.3) is 11.7 Å². The molecule has 6 nitrogen and oxygen atoms in total. The molecule has 0 aliphatic carbocycles. The number of piperidine rings is 1. The van der Waals surface area contributed by atoms with Crippen LogP contribution in [0, 0.1) is 11.8 Å². The van der Waals surface area contributed by atoms with Crippen molar-refractivity contribution in [3.8, 4) is 0 Å². The number of likely N-dealkylation sites (tertiary alicyclic amines) is 1. The Kier molecular flexibility index (Phi) is 5.78. The van der Waals surface area contributed by atoms with E-state index in [4.69, 9.17) is 0 Å². The van der Waals surface area contributed by atoms with Crippen LogP contribution in [0.2, 0.25) is 0 Å². The summed E-state index contributed by atoms with van der Waals surface area (Å²) in [5.41, 5.74) is 8.43. The number of aromatic nitrogens is 1. The number of ketones is 1. The zero-order valence-corrected chi connectivity index (χ0v) is 15.9. The highest BCUT2D eigenvalue weighted by atomic mass is 16.2. The van der Waals surface area contributed by atoms with Crippen molar-refractivity contribution in [3.63, 3.8) is 0 Å². The average molecular weight is 378 g/mol. The molecule has 3 unspecified atom stereocenters. The monoisotopic (exact) mass is 378 g/mol. The van der Waals surface area contributed by atoms with E-state index in [0.717, 1.165) is 25.8 Å². The molecular weight excluding hydrogens is 352 g/mol. The zero-order valence-electron chi connectivity index (χ0n) is 15.9. The number of benzene rings is 1. The lowest BCUT2D eigenvalue weighted by atomic mass is 9.81. The Morgan fingerprint density at radius 1 is 1.14 bits per heavy atom. The van der Waals surface area contributed by atoms with Crippen LogP contribution in [0.25, 0.3) is 0 Å². The van der Waals surface area contributed by atoms with Gasteiger partial charge in [-0.1, -0.05) is 30.3 Å². The maximum atomic E-state index is 12.7. The molecule has 2 N–H and O–H groups in total. The molecular formula is C22H26N4O2. The summed E-state index contributed by atoms with van der Waals surface area (Å²) in [6.45, 7) is 2.18. The number of carbonyl (C=O) groups is 2. The minimum Gasteiger partial charge on any atom is -0.335 e. The normalized spacial score (nSPS) is 24.9. The van der Waals surface area contributed by atoms with Crippen molar-refractivity contribution in [2.24, 2.45) is 11.8 Å². The van der Waals surface area contributed by atoms with Crippen LogP contribution in [0.4, 0.5) is 0 Å². The lowest BCUT2D eigenvalue weighted by Crippen LogP contribution is -2.50. The van der Waals surface area contributed by atoms with Gasteiger partial charge < -0.3 is 4.90 Å². The lowest BCUT2D eigenvalue weighted by molar-refractivity contribution is -0.128.